The summed E-state index contributed by atoms with van der Waals surface area (Å²) in [6.07, 6.45) is 0.202. The van der Waals surface area contributed by atoms with Gasteiger partial charge in [0.25, 0.3) is 5.91 Å². The minimum Gasteiger partial charge on any atom is -0.491 e. The molecule has 1 heterocycles. The number of ether oxygens (including phenoxy) is 2. The second-order valence-electron chi connectivity index (χ2n) is 8.96. The molecule has 33 heavy (non-hydrogen) atoms. The average Bonchev–Trinajstić information content (AvgIpc) is 2.80. The van der Waals surface area contributed by atoms with Crippen molar-refractivity contribution in [2.75, 3.05) is 46.2 Å². The molecule has 0 unspecified atom stereocenters. The number of nitrogens with zero attached hydrogens (tertiary/aromatic N) is 2. The van der Waals surface area contributed by atoms with E-state index in [4.69, 9.17) is 9.47 Å². The molecule has 178 valence electrons. The Morgan fingerprint density at radius 3 is 2.55 bits per heavy atom. The van der Waals surface area contributed by atoms with Crippen LogP contribution < -0.4 is 10.1 Å². The molecule has 3 atom stereocenters. The van der Waals surface area contributed by atoms with Crippen molar-refractivity contribution in [3.8, 4) is 5.75 Å². The lowest BCUT2D eigenvalue weighted by molar-refractivity contribution is -0.115. The highest BCUT2D eigenvalue weighted by Gasteiger charge is 2.27. The molecule has 0 saturated carbocycles. The number of carbonyl (C=O) groups excluding carboxylic acids is 2. The number of hydrogen-bond acceptors (Lipinski definition) is 5. The number of anilines is 1. The van der Waals surface area contributed by atoms with Gasteiger partial charge in [-0.1, -0.05) is 37.3 Å². The Kier molecular flexibility index (Phi) is 8.47. The van der Waals surface area contributed by atoms with Crippen LogP contribution in [0.3, 0.4) is 0 Å². The monoisotopic (exact) mass is 453 g/mol. The molecule has 7 nitrogen and oxygen atoms in total. The van der Waals surface area contributed by atoms with Crippen molar-refractivity contribution < 1.29 is 19.1 Å². The second-order valence-corrected chi connectivity index (χ2v) is 8.96. The minimum atomic E-state index is -0.136. The molecule has 0 aliphatic carbocycles. The molecule has 3 rings (SSSR count). The van der Waals surface area contributed by atoms with E-state index >= 15 is 0 Å². The molecule has 1 N–H and O–H groups in total. The summed E-state index contributed by atoms with van der Waals surface area (Å²) in [5.74, 6) is 0.455. The van der Waals surface area contributed by atoms with Crippen LogP contribution in [-0.2, 0) is 16.0 Å². The fraction of sp³-hybridized carbons (Fsp3) is 0.462. The highest BCUT2D eigenvalue weighted by molar-refractivity contribution is 5.98. The largest absolute Gasteiger partial charge is 0.491 e. The number of rotatable bonds is 4. The first-order valence-electron chi connectivity index (χ1n) is 11.4. The summed E-state index contributed by atoms with van der Waals surface area (Å²) in [6.45, 7) is 5.97. The molecule has 2 amide bonds. The van der Waals surface area contributed by atoms with E-state index < -0.39 is 0 Å². The summed E-state index contributed by atoms with van der Waals surface area (Å²) < 4.78 is 11.8. The van der Waals surface area contributed by atoms with Crippen molar-refractivity contribution in [2.24, 2.45) is 5.92 Å². The van der Waals surface area contributed by atoms with Crippen molar-refractivity contribution in [2.45, 2.75) is 32.4 Å². The average molecular weight is 454 g/mol. The third kappa shape index (κ3) is 6.55. The van der Waals surface area contributed by atoms with Crippen molar-refractivity contribution in [3.63, 3.8) is 0 Å². The molecule has 0 fully saturated rings. The predicted molar refractivity (Wildman–Crippen MR) is 130 cm³/mol. The normalized spacial score (nSPS) is 22.5. The Hall–Kier alpha value is -2.90. The standard InChI is InChI=1S/C26H35N3O4/c1-18-15-28(3)19(2)17-33-23-14-21(27-25(30)13-20-9-7-6-8-10-20)11-12-22(23)26(31)29(4)16-24(18)32-5/h6-12,14,18-19,24H,13,15-17H2,1-5H3,(H,27,30)/t18-,19-,24-/m0/s1. The topological polar surface area (TPSA) is 71.1 Å². The van der Waals surface area contributed by atoms with Gasteiger partial charge >= 0.3 is 0 Å². The molecule has 0 spiro atoms. The van der Waals surface area contributed by atoms with E-state index in [1.165, 1.54) is 0 Å². The van der Waals surface area contributed by atoms with Crippen molar-refractivity contribution >= 4 is 17.5 Å². The molecule has 1 aliphatic heterocycles. The first kappa shape index (κ1) is 24.7. The van der Waals surface area contributed by atoms with Crippen molar-refractivity contribution in [1.29, 1.82) is 0 Å². The molecular weight excluding hydrogens is 418 g/mol. The summed E-state index contributed by atoms with van der Waals surface area (Å²) in [5, 5.41) is 2.92. The van der Waals surface area contributed by atoms with Gasteiger partial charge in [0, 0.05) is 45.0 Å². The zero-order valence-electron chi connectivity index (χ0n) is 20.2. The maximum absolute atomic E-state index is 13.2. The van der Waals surface area contributed by atoms with E-state index in [2.05, 4.69) is 31.1 Å². The molecule has 0 bridgehead atoms. The van der Waals surface area contributed by atoms with Gasteiger partial charge in [-0.05, 0) is 37.6 Å². The van der Waals surface area contributed by atoms with Gasteiger partial charge in [-0.25, -0.2) is 0 Å². The lowest BCUT2D eigenvalue weighted by Crippen LogP contribution is -2.45. The van der Waals surface area contributed by atoms with Crippen LogP contribution in [0.2, 0.25) is 0 Å². The maximum atomic E-state index is 13.2. The molecule has 7 heteroatoms. The van der Waals surface area contributed by atoms with Crippen LogP contribution in [0.4, 0.5) is 5.69 Å². The first-order valence-corrected chi connectivity index (χ1v) is 11.4. The minimum absolute atomic E-state index is 0.0751. The second kappa shape index (κ2) is 11.3. The van der Waals surface area contributed by atoms with E-state index in [0.29, 0.717) is 30.2 Å². The Morgan fingerprint density at radius 1 is 1.12 bits per heavy atom. The van der Waals surface area contributed by atoms with E-state index in [1.54, 1.807) is 37.3 Å². The SMILES string of the molecule is CO[C@H]1CN(C)C(=O)c2ccc(NC(=O)Cc3ccccc3)cc2OC[C@H](C)N(C)C[C@@H]1C. The number of amides is 2. The summed E-state index contributed by atoms with van der Waals surface area (Å²) in [6, 6.07) is 14.9. The van der Waals surface area contributed by atoms with Gasteiger partial charge in [0.2, 0.25) is 5.91 Å². The Balaban J connectivity index is 1.84. The summed E-state index contributed by atoms with van der Waals surface area (Å²) in [4.78, 5) is 29.7. The number of fused-ring (bicyclic) bond motifs is 1. The number of benzene rings is 2. The lowest BCUT2D eigenvalue weighted by atomic mass is 10.0. The first-order chi connectivity index (χ1) is 15.8. The van der Waals surface area contributed by atoms with Crippen LogP contribution >= 0.6 is 0 Å². The molecular formula is C26H35N3O4. The van der Waals surface area contributed by atoms with E-state index in [1.807, 2.05) is 30.3 Å². The van der Waals surface area contributed by atoms with Crippen LogP contribution in [0, 0.1) is 5.92 Å². The van der Waals surface area contributed by atoms with Gasteiger partial charge in [-0.3, -0.25) is 14.5 Å². The van der Waals surface area contributed by atoms with Crippen molar-refractivity contribution in [3.05, 3.63) is 59.7 Å². The summed E-state index contributed by atoms with van der Waals surface area (Å²) in [5.41, 5.74) is 2.01. The molecule has 2 aromatic carbocycles. The van der Waals surface area contributed by atoms with Crippen LogP contribution in [0.25, 0.3) is 0 Å². The zero-order chi connectivity index (χ0) is 24.0. The van der Waals surface area contributed by atoms with Crippen molar-refractivity contribution in [1.82, 2.24) is 9.80 Å². The Bertz CT molecular complexity index is 950. The number of methoxy groups -OCH3 is 1. The highest BCUT2D eigenvalue weighted by Crippen LogP contribution is 2.26. The number of likely N-dealkylation sites (N-methyl/N-ethyl adjacent to an activating group) is 2. The molecule has 0 aromatic heterocycles. The van der Waals surface area contributed by atoms with Gasteiger partial charge in [0.05, 0.1) is 18.1 Å². The molecule has 1 aliphatic rings. The van der Waals surface area contributed by atoms with E-state index in [9.17, 15) is 9.59 Å². The molecule has 0 radical (unpaired) electrons. The van der Waals surface area contributed by atoms with E-state index in [0.717, 1.165) is 12.1 Å². The quantitative estimate of drug-likeness (QED) is 0.769. The Labute approximate surface area is 196 Å². The predicted octanol–water partition coefficient (Wildman–Crippen LogP) is 3.30. The van der Waals surface area contributed by atoms with Gasteiger partial charge in [0.1, 0.15) is 12.4 Å². The molecule has 0 saturated heterocycles. The van der Waals surface area contributed by atoms with E-state index in [-0.39, 0.29) is 36.3 Å². The summed E-state index contributed by atoms with van der Waals surface area (Å²) >= 11 is 0. The molecule has 2 aromatic rings. The van der Waals surface area contributed by atoms with Crippen LogP contribution in [0.1, 0.15) is 29.8 Å². The van der Waals surface area contributed by atoms with Crippen LogP contribution in [-0.4, -0.2) is 74.7 Å². The number of hydrogen-bond donors (Lipinski definition) is 1. The summed E-state index contributed by atoms with van der Waals surface area (Å²) in [7, 11) is 5.54. The van der Waals surface area contributed by atoms with Gasteiger partial charge in [-0.15, -0.1) is 0 Å². The van der Waals surface area contributed by atoms with Gasteiger partial charge < -0.3 is 19.7 Å². The van der Waals surface area contributed by atoms with Crippen LogP contribution in [0.15, 0.2) is 48.5 Å². The maximum Gasteiger partial charge on any atom is 0.257 e. The van der Waals surface area contributed by atoms with Gasteiger partial charge in [-0.2, -0.15) is 0 Å². The third-order valence-corrected chi connectivity index (χ3v) is 6.25. The fourth-order valence-corrected chi connectivity index (χ4v) is 4.02. The zero-order valence-corrected chi connectivity index (χ0v) is 20.2. The lowest BCUT2D eigenvalue weighted by Gasteiger charge is -2.34. The Morgan fingerprint density at radius 2 is 1.85 bits per heavy atom. The smallest absolute Gasteiger partial charge is 0.257 e. The van der Waals surface area contributed by atoms with Crippen LogP contribution in [0.5, 0.6) is 5.75 Å². The number of carbonyl (C=O) groups is 2. The van der Waals surface area contributed by atoms with Gasteiger partial charge in [0.15, 0.2) is 0 Å². The third-order valence-electron chi connectivity index (χ3n) is 6.25. The fourth-order valence-electron chi connectivity index (χ4n) is 4.02. The number of nitrogens with one attached hydrogen (secondary N) is 1. The highest BCUT2D eigenvalue weighted by atomic mass is 16.5.